The minimum absolute atomic E-state index is 0.0219. The van der Waals surface area contributed by atoms with Gasteiger partial charge >= 0.3 is 0 Å². The molecule has 1 saturated heterocycles. The maximum absolute atomic E-state index is 13.4. The van der Waals surface area contributed by atoms with E-state index >= 15 is 0 Å². The summed E-state index contributed by atoms with van der Waals surface area (Å²) < 4.78 is 11.3. The lowest BCUT2D eigenvalue weighted by molar-refractivity contribution is -0.122. The molecular formula is C25H22N2O4. The Morgan fingerprint density at radius 3 is 2.35 bits per heavy atom. The average Bonchev–Trinajstić information content (AvgIpc) is 3.17. The SMILES string of the molecule is COc1cccc(N2C[C@@H](NC(=O)C3c4ccccc4Oc4ccccc43)CC2=O)c1. The molecule has 2 heterocycles. The highest BCUT2D eigenvalue weighted by Gasteiger charge is 2.37. The van der Waals surface area contributed by atoms with Crippen molar-refractivity contribution in [2.75, 3.05) is 18.6 Å². The van der Waals surface area contributed by atoms with Gasteiger partial charge < -0.3 is 19.7 Å². The zero-order valence-corrected chi connectivity index (χ0v) is 17.1. The van der Waals surface area contributed by atoms with E-state index in [1.165, 1.54) is 0 Å². The predicted molar refractivity (Wildman–Crippen MR) is 117 cm³/mol. The van der Waals surface area contributed by atoms with Crippen LogP contribution in [-0.4, -0.2) is 31.5 Å². The van der Waals surface area contributed by atoms with Crippen LogP contribution in [-0.2, 0) is 9.59 Å². The number of nitrogens with one attached hydrogen (secondary N) is 1. The number of fused-ring (bicyclic) bond motifs is 2. The summed E-state index contributed by atoms with van der Waals surface area (Å²) in [5, 5.41) is 3.10. The van der Waals surface area contributed by atoms with Gasteiger partial charge in [-0.3, -0.25) is 9.59 Å². The Bertz CT molecular complexity index is 1110. The quantitative estimate of drug-likeness (QED) is 0.704. The van der Waals surface area contributed by atoms with Crippen molar-refractivity contribution in [3.8, 4) is 17.2 Å². The summed E-state index contributed by atoms with van der Waals surface area (Å²) in [6.07, 6.45) is 0.259. The highest BCUT2D eigenvalue weighted by molar-refractivity contribution is 5.97. The van der Waals surface area contributed by atoms with Crippen molar-refractivity contribution >= 4 is 17.5 Å². The Labute approximate surface area is 180 Å². The fourth-order valence-corrected chi connectivity index (χ4v) is 4.31. The smallest absolute Gasteiger partial charge is 0.232 e. The molecule has 0 bridgehead atoms. The van der Waals surface area contributed by atoms with Gasteiger partial charge in [0.05, 0.1) is 19.1 Å². The normalized spacial score (nSPS) is 17.5. The molecule has 3 aromatic rings. The molecule has 1 N–H and O–H groups in total. The standard InChI is InChI=1S/C25H22N2O4/c1-30-18-8-6-7-17(14-18)27-15-16(13-23(27)28)26-25(29)24-19-9-2-4-11-21(19)31-22-12-5-3-10-20(22)24/h2-12,14,16,24H,13,15H2,1H3,(H,26,29)/t16-/m0/s1. The summed E-state index contributed by atoms with van der Waals surface area (Å²) in [5.74, 6) is 1.42. The number of ether oxygens (including phenoxy) is 2. The van der Waals surface area contributed by atoms with E-state index in [1.807, 2.05) is 72.8 Å². The highest BCUT2D eigenvalue weighted by Crippen LogP contribution is 2.44. The second-order valence-electron chi connectivity index (χ2n) is 7.73. The van der Waals surface area contributed by atoms with Crippen LogP contribution in [0, 0.1) is 0 Å². The maximum atomic E-state index is 13.4. The number of carbonyl (C=O) groups is 2. The lowest BCUT2D eigenvalue weighted by atomic mass is 9.87. The van der Waals surface area contributed by atoms with Crippen LogP contribution in [0.4, 0.5) is 5.69 Å². The van der Waals surface area contributed by atoms with Gasteiger partial charge in [-0.05, 0) is 24.3 Å². The molecular weight excluding hydrogens is 392 g/mol. The Hall–Kier alpha value is -3.80. The number of anilines is 1. The van der Waals surface area contributed by atoms with Crippen LogP contribution in [0.2, 0.25) is 0 Å². The molecule has 1 fully saturated rings. The van der Waals surface area contributed by atoms with Gasteiger partial charge in [-0.1, -0.05) is 42.5 Å². The Kier molecular flexibility index (Phi) is 4.82. The first-order valence-electron chi connectivity index (χ1n) is 10.2. The third-order valence-electron chi connectivity index (χ3n) is 5.78. The minimum atomic E-state index is -0.484. The van der Waals surface area contributed by atoms with Crippen molar-refractivity contribution in [2.45, 2.75) is 18.4 Å². The first-order chi connectivity index (χ1) is 15.1. The van der Waals surface area contributed by atoms with E-state index in [-0.39, 0.29) is 24.3 Å². The molecule has 0 radical (unpaired) electrons. The molecule has 2 aliphatic rings. The first kappa shape index (κ1) is 19.2. The molecule has 3 aromatic carbocycles. The van der Waals surface area contributed by atoms with Crippen LogP contribution in [0.3, 0.4) is 0 Å². The van der Waals surface area contributed by atoms with Crippen molar-refractivity contribution < 1.29 is 19.1 Å². The zero-order valence-electron chi connectivity index (χ0n) is 17.1. The number of para-hydroxylation sites is 2. The highest BCUT2D eigenvalue weighted by atomic mass is 16.5. The topological polar surface area (TPSA) is 67.9 Å². The number of amides is 2. The van der Waals surface area contributed by atoms with E-state index in [9.17, 15) is 9.59 Å². The van der Waals surface area contributed by atoms with Crippen molar-refractivity contribution in [1.82, 2.24) is 5.32 Å². The lowest BCUT2D eigenvalue weighted by Gasteiger charge is -2.28. The molecule has 0 unspecified atom stereocenters. The predicted octanol–water partition coefficient (Wildman–Crippen LogP) is 3.85. The van der Waals surface area contributed by atoms with Crippen LogP contribution < -0.4 is 19.7 Å². The monoisotopic (exact) mass is 414 g/mol. The Balaban J connectivity index is 1.38. The van der Waals surface area contributed by atoms with E-state index in [0.717, 1.165) is 16.8 Å². The van der Waals surface area contributed by atoms with Gasteiger partial charge in [0.25, 0.3) is 0 Å². The summed E-state index contributed by atoms with van der Waals surface area (Å²) in [6, 6.07) is 22.3. The van der Waals surface area contributed by atoms with E-state index in [4.69, 9.17) is 9.47 Å². The third kappa shape index (κ3) is 3.50. The van der Waals surface area contributed by atoms with Crippen LogP contribution >= 0.6 is 0 Å². The summed E-state index contributed by atoms with van der Waals surface area (Å²) in [7, 11) is 1.59. The molecule has 156 valence electrons. The van der Waals surface area contributed by atoms with Crippen LogP contribution in [0.5, 0.6) is 17.2 Å². The fourth-order valence-electron chi connectivity index (χ4n) is 4.31. The van der Waals surface area contributed by atoms with Crippen LogP contribution in [0.25, 0.3) is 0 Å². The number of nitrogens with zero attached hydrogens (tertiary/aromatic N) is 1. The minimum Gasteiger partial charge on any atom is -0.497 e. The lowest BCUT2D eigenvalue weighted by Crippen LogP contribution is -2.40. The number of methoxy groups -OCH3 is 1. The van der Waals surface area contributed by atoms with Gasteiger partial charge in [0.15, 0.2) is 0 Å². The fraction of sp³-hybridized carbons (Fsp3) is 0.200. The third-order valence-corrected chi connectivity index (χ3v) is 5.78. The number of carbonyl (C=O) groups excluding carboxylic acids is 2. The number of hydrogen-bond donors (Lipinski definition) is 1. The van der Waals surface area contributed by atoms with Crippen molar-refractivity contribution in [1.29, 1.82) is 0 Å². The molecule has 5 rings (SSSR count). The molecule has 31 heavy (non-hydrogen) atoms. The van der Waals surface area contributed by atoms with E-state index in [1.54, 1.807) is 12.0 Å². The van der Waals surface area contributed by atoms with Crippen molar-refractivity contribution in [2.24, 2.45) is 0 Å². The van der Waals surface area contributed by atoms with Gasteiger partial charge in [0.2, 0.25) is 11.8 Å². The Morgan fingerprint density at radius 2 is 1.68 bits per heavy atom. The summed E-state index contributed by atoms with van der Waals surface area (Å²) >= 11 is 0. The summed E-state index contributed by atoms with van der Waals surface area (Å²) in [5.41, 5.74) is 2.42. The molecule has 2 amide bonds. The molecule has 0 spiro atoms. The first-order valence-corrected chi connectivity index (χ1v) is 10.2. The van der Waals surface area contributed by atoms with Crippen LogP contribution in [0.1, 0.15) is 23.5 Å². The van der Waals surface area contributed by atoms with Gasteiger partial charge in [0.1, 0.15) is 17.2 Å². The van der Waals surface area contributed by atoms with Crippen molar-refractivity contribution in [3.05, 3.63) is 83.9 Å². The zero-order chi connectivity index (χ0) is 21.4. The van der Waals surface area contributed by atoms with Gasteiger partial charge in [-0.15, -0.1) is 0 Å². The molecule has 0 aliphatic carbocycles. The molecule has 6 heteroatoms. The van der Waals surface area contributed by atoms with Crippen molar-refractivity contribution in [3.63, 3.8) is 0 Å². The van der Waals surface area contributed by atoms with E-state index < -0.39 is 5.92 Å². The van der Waals surface area contributed by atoms with Gasteiger partial charge in [-0.25, -0.2) is 0 Å². The largest absolute Gasteiger partial charge is 0.497 e. The number of benzene rings is 3. The van der Waals surface area contributed by atoms with Gasteiger partial charge in [-0.2, -0.15) is 0 Å². The van der Waals surface area contributed by atoms with E-state index in [0.29, 0.717) is 23.8 Å². The Morgan fingerprint density at radius 1 is 1.00 bits per heavy atom. The van der Waals surface area contributed by atoms with Crippen LogP contribution in [0.15, 0.2) is 72.8 Å². The average molecular weight is 414 g/mol. The molecule has 0 aromatic heterocycles. The molecule has 1 atom stereocenters. The number of hydrogen-bond acceptors (Lipinski definition) is 4. The number of rotatable bonds is 4. The van der Waals surface area contributed by atoms with E-state index in [2.05, 4.69) is 5.32 Å². The summed E-state index contributed by atoms with van der Waals surface area (Å²) in [4.78, 5) is 27.8. The molecule has 2 aliphatic heterocycles. The molecule has 0 saturated carbocycles. The maximum Gasteiger partial charge on any atom is 0.232 e. The second kappa shape index (κ2) is 7.80. The summed E-state index contributed by atoms with van der Waals surface area (Å²) in [6.45, 7) is 0.421. The second-order valence-corrected chi connectivity index (χ2v) is 7.73. The molecule has 6 nitrogen and oxygen atoms in total. The van der Waals surface area contributed by atoms with Gasteiger partial charge in [0, 0.05) is 35.8 Å².